The molecule has 2 aromatic carbocycles. The first kappa shape index (κ1) is 26.4. The van der Waals surface area contributed by atoms with Crippen LogP contribution in [0.3, 0.4) is 0 Å². The van der Waals surface area contributed by atoms with Crippen molar-refractivity contribution < 1.29 is 4.79 Å². The van der Waals surface area contributed by atoms with Gasteiger partial charge in [-0.3, -0.25) is 0 Å². The molecule has 0 radical (unpaired) electrons. The van der Waals surface area contributed by atoms with Crippen LogP contribution >= 0.6 is 0 Å². The quantitative estimate of drug-likeness (QED) is 0.327. The third kappa shape index (κ3) is 6.59. The summed E-state index contributed by atoms with van der Waals surface area (Å²) in [6.45, 7) is 24.7. The van der Waals surface area contributed by atoms with Gasteiger partial charge in [-0.2, -0.15) is 0 Å². The van der Waals surface area contributed by atoms with Gasteiger partial charge < -0.3 is 0 Å². The van der Waals surface area contributed by atoms with Gasteiger partial charge in [0, 0.05) is 0 Å². The minimum absolute atomic E-state index is 0.0300. The molecular weight excluding hydrogens is 457 g/mol. The van der Waals surface area contributed by atoms with Crippen molar-refractivity contribution in [2.24, 2.45) is 0 Å². The Balaban J connectivity index is 2.68. The van der Waals surface area contributed by atoms with Gasteiger partial charge in [0.15, 0.2) is 0 Å². The van der Waals surface area contributed by atoms with Crippen LogP contribution in [-0.4, -0.2) is 27.4 Å². The molecule has 174 valence electrons. The van der Waals surface area contributed by atoms with Gasteiger partial charge in [-0.1, -0.05) is 0 Å². The Morgan fingerprint density at radius 1 is 0.875 bits per heavy atom. The van der Waals surface area contributed by atoms with Crippen molar-refractivity contribution in [2.45, 2.75) is 83.9 Å². The fourth-order valence-corrected chi connectivity index (χ4v) is 5.36. The molecule has 0 bridgehead atoms. The zero-order valence-electron chi connectivity index (χ0n) is 21.5. The second-order valence-corrected chi connectivity index (χ2v) is 13.8. The van der Waals surface area contributed by atoms with Gasteiger partial charge in [0.2, 0.25) is 0 Å². The Kier molecular flexibility index (Phi) is 8.24. The van der Waals surface area contributed by atoms with Crippen molar-refractivity contribution in [2.75, 3.05) is 11.4 Å². The number of carbonyl (C=O) groups excluding carboxylic acids is 1. The third-order valence-electron chi connectivity index (χ3n) is 5.58. The maximum atomic E-state index is 13.6. The van der Waals surface area contributed by atoms with Crippen molar-refractivity contribution >= 4 is 31.0 Å². The van der Waals surface area contributed by atoms with Gasteiger partial charge >= 0.3 is 203 Å². The van der Waals surface area contributed by atoms with Crippen LogP contribution < -0.4 is 9.36 Å². The molecule has 1 amide bonds. The van der Waals surface area contributed by atoms with Gasteiger partial charge in [-0.25, -0.2) is 0 Å². The molecule has 3 heteroatoms. The standard InChI is InChI=1S/C29H41NOSe/c1-11-17-30(25(31)20-32-22-15-13-12-14-16-22)26-23(28(5,6)7)18-21(27(2,3)4)19-24(26)29(8,9)10/h11-16,18-19H,1,17,20H2,2-10H3. The molecule has 0 atom stereocenters. The SMILES string of the molecule is C=CCN(C(=O)C[Se]c1ccccc1)c1c(C(C)(C)C)cc(C(C)(C)C)cc1C(C)(C)C. The van der Waals surface area contributed by atoms with E-state index in [1.807, 2.05) is 29.2 Å². The predicted molar refractivity (Wildman–Crippen MR) is 142 cm³/mol. The van der Waals surface area contributed by atoms with Crippen LogP contribution in [0.25, 0.3) is 0 Å². The van der Waals surface area contributed by atoms with Gasteiger partial charge in [0.1, 0.15) is 0 Å². The molecule has 0 N–H and O–H groups in total. The van der Waals surface area contributed by atoms with Crippen LogP contribution in [-0.2, 0) is 21.0 Å². The summed E-state index contributed by atoms with van der Waals surface area (Å²) in [5.41, 5.74) is 4.70. The summed E-state index contributed by atoms with van der Waals surface area (Å²) in [7, 11) is 0. The van der Waals surface area contributed by atoms with E-state index in [4.69, 9.17) is 0 Å². The minimum atomic E-state index is -0.0964. The molecule has 0 saturated carbocycles. The second kappa shape index (κ2) is 9.98. The first-order chi connectivity index (χ1) is 14.7. The Morgan fingerprint density at radius 2 is 1.38 bits per heavy atom. The zero-order valence-corrected chi connectivity index (χ0v) is 23.2. The van der Waals surface area contributed by atoms with Gasteiger partial charge in [-0.05, 0) is 0 Å². The first-order valence-electron chi connectivity index (χ1n) is 11.4. The van der Waals surface area contributed by atoms with E-state index in [-0.39, 0.29) is 37.1 Å². The molecule has 2 aromatic rings. The Morgan fingerprint density at radius 3 is 1.78 bits per heavy atom. The average Bonchev–Trinajstić information content (AvgIpc) is 2.68. The monoisotopic (exact) mass is 499 g/mol. The van der Waals surface area contributed by atoms with Crippen LogP contribution in [0.4, 0.5) is 5.69 Å². The van der Waals surface area contributed by atoms with Gasteiger partial charge in [-0.15, -0.1) is 0 Å². The van der Waals surface area contributed by atoms with E-state index in [0.717, 1.165) is 5.69 Å². The number of amides is 1. The summed E-state index contributed by atoms with van der Waals surface area (Å²) in [5, 5.41) is 0.541. The van der Waals surface area contributed by atoms with Crippen LogP contribution in [0.1, 0.15) is 79.0 Å². The van der Waals surface area contributed by atoms with Crippen molar-refractivity contribution in [3.63, 3.8) is 0 Å². The van der Waals surface area contributed by atoms with E-state index in [1.54, 1.807) is 0 Å². The molecule has 2 rings (SSSR count). The van der Waals surface area contributed by atoms with E-state index in [9.17, 15) is 4.79 Å². The fraction of sp³-hybridized carbons (Fsp3) is 0.483. The van der Waals surface area contributed by atoms with E-state index in [0.29, 0.717) is 11.9 Å². The van der Waals surface area contributed by atoms with Crippen molar-refractivity contribution in [1.29, 1.82) is 0 Å². The number of rotatable bonds is 6. The summed E-state index contributed by atoms with van der Waals surface area (Å²) in [6, 6.07) is 15.0. The molecule has 32 heavy (non-hydrogen) atoms. The number of benzene rings is 2. The zero-order chi connectivity index (χ0) is 24.3. The Hall–Kier alpha value is -1.83. The average molecular weight is 499 g/mol. The van der Waals surface area contributed by atoms with Crippen LogP contribution in [0.2, 0.25) is 5.32 Å². The molecule has 0 aliphatic heterocycles. The number of hydrogen-bond acceptors (Lipinski definition) is 1. The molecule has 0 saturated heterocycles. The summed E-state index contributed by atoms with van der Waals surface area (Å²) in [4.78, 5) is 15.6. The van der Waals surface area contributed by atoms with Gasteiger partial charge in [0.25, 0.3) is 0 Å². The maximum absolute atomic E-state index is 13.6. The molecule has 0 spiro atoms. The summed E-state index contributed by atoms with van der Waals surface area (Å²) < 4.78 is 1.25. The molecule has 0 aliphatic rings. The molecule has 0 aliphatic carbocycles. The molecule has 0 aromatic heterocycles. The molecule has 0 unspecified atom stereocenters. The molecule has 2 nitrogen and oxygen atoms in total. The number of carbonyl (C=O) groups is 1. The molecule has 0 fully saturated rings. The van der Waals surface area contributed by atoms with Crippen LogP contribution in [0.5, 0.6) is 0 Å². The predicted octanol–water partition coefficient (Wildman–Crippen LogP) is 6.55. The molecular formula is C29H41NOSe. The normalized spacial score (nSPS) is 12.5. The van der Waals surface area contributed by atoms with Crippen LogP contribution in [0.15, 0.2) is 55.1 Å². The van der Waals surface area contributed by atoms with E-state index in [2.05, 4.69) is 93.2 Å². The summed E-state index contributed by atoms with van der Waals surface area (Å²) >= 11 is 0.104. The second-order valence-electron chi connectivity index (χ2n) is 11.6. The van der Waals surface area contributed by atoms with Crippen molar-refractivity contribution in [3.8, 4) is 0 Å². The van der Waals surface area contributed by atoms with E-state index in [1.165, 1.54) is 21.2 Å². The van der Waals surface area contributed by atoms with E-state index < -0.39 is 0 Å². The topological polar surface area (TPSA) is 20.3 Å². The summed E-state index contributed by atoms with van der Waals surface area (Å²) in [6.07, 6.45) is 1.85. The molecule has 0 heterocycles. The Labute approximate surface area is 202 Å². The van der Waals surface area contributed by atoms with Crippen LogP contribution in [0, 0.1) is 0 Å². The van der Waals surface area contributed by atoms with Crippen molar-refractivity contribution in [3.05, 3.63) is 71.8 Å². The third-order valence-corrected chi connectivity index (χ3v) is 7.67. The fourth-order valence-electron chi connectivity index (χ4n) is 3.69. The Bertz CT molecular complexity index is 905. The summed E-state index contributed by atoms with van der Waals surface area (Å²) in [5.74, 6) is 0.174. The van der Waals surface area contributed by atoms with Crippen molar-refractivity contribution in [1.82, 2.24) is 0 Å². The number of hydrogen-bond donors (Lipinski definition) is 0. The van der Waals surface area contributed by atoms with E-state index >= 15 is 0 Å². The number of nitrogens with zero attached hydrogens (tertiary/aromatic N) is 1. The number of anilines is 1. The first-order valence-corrected chi connectivity index (χ1v) is 13.5. The van der Waals surface area contributed by atoms with Gasteiger partial charge in [0.05, 0.1) is 0 Å².